The number of carbonyl (C=O) groups is 2. The van der Waals surface area contributed by atoms with Crippen molar-refractivity contribution in [2.75, 3.05) is 31.6 Å². The Balaban J connectivity index is 1.42. The van der Waals surface area contributed by atoms with Gasteiger partial charge < -0.3 is 20.7 Å². The molecule has 1 atom stereocenters. The molecule has 204 valence electrons. The molecule has 0 bridgehead atoms. The van der Waals surface area contributed by atoms with Crippen LogP contribution in [0.5, 0.6) is 0 Å². The van der Waals surface area contributed by atoms with E-state index >= 15 is 0 Å². The van der Waals surface area contributed by atoms with Crippen LogP contribution in [-0.2, 0) is 9.53 Å². The van der Waals surface area contributed by atoms with Crippen molar-refractivity contribution >= 4 is 17.5 Å². The summed E-state index contributed by atoms with van der Waals surface area (Å²) in [6.07, 6.45) is 20.8. The van der Waals surface area contributed by atoms with Crippen LogP contribution in [0.1, 0.15) is 120 Å². The van der Waals surface area contributed by atoms with Gasteiger partial charge in [0.15, 0.2) is 0 Å². The lowest BCUT2D eigenvalue weighted by molar-refractivity contribution is -0.119. The molecule has 1 aliphatic rings. The van der Waals surface area contributed by atoms with Gasteiger partial charge in [-0.2, -0.15) is 0 Å². The molecule has 6 heteroatoms. The Morgan fingerprint density at radius 2 is 1.50 bits per heavy atom. The number of carbonyl (C=O) groups excluding carboxylic acids is 2. The van der Waals surface area contributed by atoms with Crippen LogP contribution >= 0.6 is 0 Å². The van der Waals surface area contributed by atoms with E-state index < -0.39 is 0 Å². The Kier molecular flexibility index (Phi) is 16.8. The number of anilines is 1. The smallest absolute Gasteiger partial charge is 0.251 e. The SMILES string of the molecule is CCCCCCCCCCCCCCCCNC(=O)CNc1cccc(C(=O)NCC2CCCO2)c1. The predicted octanol–water partition coefficient (Wildman–Crippen LogP) is 6.60. The second-order valence-corrected chi connectivity index (χ2v) is 10.2. The first-order chi connectivity index (χ1) is 17.7. The minimum atomic E-state index is -0.114. The summed E-state index contributed by atoms with van der Waals surface area (Å²) in [5, 5.41) is 9.05. The fourth-order valence-corrected chi connectivity index (χ4v) is 4.68. The minimum Gasteiger partial charge on any atom is -0.376 e. The van der Waals surface area contributed by atoms with Crippen molar-refractivity contribution in [3.8, 4) is 0 Å². The molecule has 1 unspecified atom stereocenters. The van der Waals surface area contributed by atoms with Crippen LogP contribution in [0.2, 0.25) is 0 Å². The molecule has 3 N–H and O–H groups in total. The molecule has 0 aliphatic carbocycles. The standard InChI is InChI=1S/C30H51N3O3/c1-2-3-4-5-6-7-8-9-10-11-12-13-14-15-21-31-29(34)25-32-27-19-16-18-26(23-27)30(35)33-24-28-20-17-22-36-28/h16,18-19,23,28,32H,2-15,17,20-22,24-25H2,1H3,(H,31,34)(H,33,35). The Morgan fingerprint density at radius 3 is 2.11 bits per heavy atom. The summed E-state index contributed by atoms with van der Waals surface area (Å²) in [6, 6.07) is 7.27. The summed E-state index contributed by atoms with van der Waals surface area (Å²) in [6.45, 7) is 4.53. The highest BCUT2D eigenvalue weighted by Crippen LogP contribution is 2.14. The van der Waals surface area contributed by atoms with E-state index in [0.717, 1.165) is 38.1 Å². The van der Waals surface area contributed by atoms with Crippen molar-refractivity contribution in [3.63, 3.8) is 0 Å². The van der Waals surface area contributed by atoms with E-state index in [1.165, 1.54) is 83.5 Å². The zero-order chi connectivity index (χ0) is 25.7. The molecule has 0 aromatic heterocycles. The first-order valence-corrected chi connectivity index (χ1v) is 14.7. The monoisotopic (exact) mass is 501 g/mol. The van der Waals surface area contributed by atoms with Crippen molar-refractivity contribution < 1.29 is 14.3 Å². The minimum absolute atomic E-state index is 0.0158. The van der Waals surface area contributed by atoms with E-state index in [1.54, 1.807) is 12.1 Å². The average molecular weight is 502 g/mol. The van der Waals surface area contributed by atoms with Gasteiger partial charge in [0.2, 0.25) is 5.91 Å². The van der Waals surface area contributed by atoms with Gasteiger partial charge in [-0.25, -0.2) is 0 Å². The quantitative estimate of drug-likeness (QED) is 0.166. The van der Waals surface area contributed by atoms with Gasteiger partial charge in [-0.3, -0.25) is 9.59 Å². The van der Waals surface area contributed by atoms with Crippen LogP contribution in [0.4, 0.5) is 5.69 Å². The summed E-state index contributed by atoms with van der Waals surface area (Å²) < 4.78 is 5.55. The molecule has 1 saturated heterocycles. The second-order valence-electron chi connectivity index (χ2n) is 10.2. The van der Waals surface area contributed by atoms with Crippen LogP contribution in [0.15, 0.2) is 24.3 Å². The van der Waals surface area contributed by atoms with Gasteiger partial charge >= 0.3 is 0 Å². The number of hydrogen-bond donors (Lipinski definition) is 3. The van der Waals surface area contributed by atoms with Gasteiger partial charge in [-0.1, -0.05) is 96.5 Å². The highest BCUT2D eigenvalue weighted by Gasteiger charge is 2.16. The Labute approximate surface area is 219 Å². The number of ether oxygens (including phenoxy) is 1. The van der Waals surface area contributed by atoms with E-state index in [9.17, 15) is 9.59 Å². The topological polar surface area (TPSA) is 79.5 Å². The van der Waals surface area contributed by atoms with Gasteiger partial charge in [0.05, 0.1) is 12.6 Å². The predicted molar refractivity (Wildman–Crippen MR) is 150 cm³/mol. The van der Waals surface area contributed by atoms with E-state index in [0.29, 0.717) is 12.1 Å². The largest absolute Gasteiger partial charge is 0.376 e. The molecule has 0 spiro atoms. The normalized spacial score (nSPS) is 15.1. The van der Waals surface area contributed by atoms with Gasteiger partial charge in [0.1, 0.15) is 0 Å². The zero-order valence-electron chi connectivity index (χ0n) is 22.8. The average Bonchev–Trinajstić information content (AvgIpc) is 3.42. The van der Waals surface area contributed by atoms with Crippen LogP contribution in [0.3, 0.4) is 0 Å². The summed E-state index contributed by atoms with van der Waals surface area (Å²) in [4.78, 5) is 24.5. The molecule has 1 aromatic carbocycles. The molecule has 36 heavy (non-hydrogen) atoms. The third-order valence-corrected chi connectivity index (χ3v) is 6.94. The Hall–Kier alpha value is -2.08. The number of rotatable bonds is 21. The number of nitrogens with one attached hydrogen (secondary N) is 3. The fraction of sp³-hybridized carbons (Fsp3) is 0.733. The van der Waals surface area contributed by atoms with E-state index in [4.69, 9.17) is 4.74 Å². The molecule has 2 rings (SSSR count). The lowest BCUT2D eigenvalue weighted by atomic mass is 10.0. The lowest BCUT2D eigenvalue weighted by Crippen LogP contribution is -2.32. The van der Waals surface area contributed by atoms with Crippen LogP contribution < -0.4 is 16.0 Å². The maximum atomic E-state index is 12.4. The third-order valence-electron chi connectivity index (χ3n) is 6.94. The first kappa shape index (κ1) is 30.1. The zero-order valence-corrected chi connectivity index (χ0v) is 22.8. The van der Waals surface area contributed by atoms with Crippen LogP contribution in [0, 0.1) is 0 Å². The Bertz CT molecular complexity index is 719. The van der Waals surface area contributed by atoms with Crippen LogP contribution in [-0.4, -0.2) is 44.2 Å². The molecular formula is C30H51N3O3. The molecule has 6 nitrogen and oxygen atoms in total. The fourth-order valence-electron chi connectivity index (χ4n) is 4.68. The molecular weight excluding hydrogens is 450 g/mol. The molecule has 1 aromatic rings. The maximum absolute atomic E-state index is 12.4. The van der Waals surface area contributed by atoms with Gasteiger partial charge in [-0.05, 0) is 37.5 Å². The van der Waals surface area contributed by atoms with Gasteiger partial charge in [-0.15, -0.1) is 0 Å². The van der Waals surface area contributed by atoms with E-state index in [-0.39, 0.29) is 24.5 Å². The van der Waals surface area contributed by atoms with Crippen LogP contribution in [0.25, 0.3) is 0 Å². The van der Waals surface area contributed by atoms with E-state index in [1.807, 2.05) is 12.1 Å². The molecule has 1 fully saturated rings. The molecule has 2 amide bonds. The Morgan fingerprint density at radius 1 is 0.861 bits per heavy atom. The number of hydrogen-bond acceptors (Lipinski definition) is 4. The maximum Gasteiger partial charge on any atom is 0.251 e. The summed E-state index contributed by atoms with van der Waals surface area (Å²) in [5.41, 5.74) is 1.35. The summed E-state index contributed by atoms with van der Waals surface area (Å²) in [5.74, 6) is -0.130. The van der Waals surface area contributed by atoms with Crippen molar-refractivity contribution in [2.24, 2.45) is 0 Å². The van der Waals surface area contributed by atoms with Gasteiger partial charge in [0, 0.05) is 30.9 Å². The highest BCUT2D eigenvalue weighted by atomic mass is 16.5. The van der Waals surface area contributed by atoms with Crippen molar-refractivity contribution in [1.82, 2.24) is 10.6 Å². The lowest BCUT2D eigenvalue weighted by Gasteiger charge is -2.12. The summed E-state index contributed by atoms with van der Waals surface area (Å²) in [7, 11) is 0. The second kappa shape index (κ2) is 20.0. The number of unbranched alkanes of at least 4 members (excludes halogenated alkanes) is 13. The number of amides is 2. The molecule has 0 radical (unpaired) electrons. The van der Waals surface area contributed by atoms with Crippen molar-refractivity contribution in [1.29, 1.82) is 0 Å². The molecule has 1 aliphatic heterocycles. The molecule has 0 saturated carbocycles. The van der Waals surface area contributed by atoms with Crippen molar-refractivity contribution in [2.45, 2.75) is 116 Å². The third kappa shape index (κ3) is 14.5. The number of benzene rings is 1. The first-order valence-electron chi connectivity index (χ1n) is 14.7. The van der Waals surface area contributed by atoms with E-state index in [2.05, 4.69) is 22.9 Å². The van der Waals surface area contributed by atoms with Gasteiger partial charge in [0.25, 0.3) is 5.91 Å². The van der Waals surface area contributed by atoms with Crippen molar-refractivity contribution in [3.05, 3.63) is 29.8 Å². The summed E-state index contributed by atoms with van der Waals surface area (Å²) >= 11 is 0. The highest BCUT2D eigenvalue weighted by molar-refractivity contribution is 5.95. The molecule has 1 heterocycles.